The van der Waals surface area contributed by atoms with Crippen molar-refractivity contribution in [2.75, 3.05) is 7.11 Å². The van der Waals surface area contributed by atoms with Crippen molar-refractivity contribution in [1.29, 1.82) is 0 Å². The summed E-state index contributed by atoms with van der Waals surface area (Å²) < 4.78 is 18.5. The highest BCUT2D eigenvalue weighted by Gasteiger charge is 2.09. The molecule has 1 aromatic carbocycles. The van der Waals surface area contributed by atoms with Gasteiger partial charge in [0.25, 0.3) is 0 Å². The SMILES string of the molecule is COc1c(F)cc(Br)cc1N=C=S. The monoisotopic (exact) mass is 261 g/mol. The van der Waals surface area contributed by atoms with E-state index >= 15 is 0 Å². The minimum Gasteiger partial charge on any atom is -0.491 e. The molecule has 68 valence electrons. The first-order chi connectivity index (χ1) is 6.19. The lowest BCUT2D eigenvalue weighted by Crippen LogP contribution is -1.88. The summed E-state index contributed by atoms with van der Waals surface area (Å²) in [5, 5.41) is 2.15. The minimum absolute atomic E-state index is 0.0700. The number of ether oxygens (including phenoxy) is 1. The number of aliphatic imine (C=N–C) groups is 1. The summed E-state index contributed by atoms with van der Waals surface area (Å²) in [6.07, 6.45) is 0. The molecule has 0 spiro atoms. The Bertz CT molecular complexity index is 377. The Labute approximate surface area is 88.6 Å². The van der Waals surface area contributed by atoms with Crippen molar-refractivity contribution in [3.8, 4) is 5.75 Å². The van der Waals surface area contributed by atoms with E-state index in [1.54, 1.807) is 6.07 Å². The fourth-order valence-electron chi connectivity index (χ4n) is 0.881. The Hall–Kier alpha value is -0.770. The second-order valence-corrected chi connectivity index (χ2v) is 3.24. The summed E-state index contributed by atoms with van der Waals surface area (Å²) in [4.78, 5) is 3.67. The molecule has 0 aliphatic carbocycles. The zero-order valence-corrected chi connectivity index (χ0v) is 9.08. The van der Waals surface area contributed by atoms with Gasteiger partial charge in [-0.2, -0.15) is 4.99 Å². The number of nitrogens with zero attached hydrogens (tertiary/aromatic N) is 1. The van der Waals surface area contributed by atoms with Crippen molar-refractivity contribution in [1.82, 2.24) is 0 Å². The quantitative estimate of drug-likeness (QED) is 0.602. The molecule has 0 radical (unpaired) electrons. The Kier molecular flexibility index (Phi) is 3.54. The van der Waals surface area contributed by atoms with E-state index < -0.39 is 5.82 Å². The number of rotatable bonds is 2. The highest BCUT2D eigenvalue weighted by atomic mass is 79.9. The van der Waals surface area contributed by atoms with Crippen molar-refractivity contribution in [3.63, 3.8) is 0 Å². The van der Waals surface area contributed by atoms with Crippen molar-refractivity contribution >= 4 is 39.0 Å². The van der Waals surface area contributed by atoms with E-state index in [-0.39, 0.29) is 5.75 Å². The predicted octanol–water partition coefficient (Wildman–Crippen LogP) is 3.33. The van der Waals surface area contributed by atoms with Crippen LogP contribution in [0.4, 0.5) is 10.1 Å². The number of hydrogen-bond donors (Lipinski definition) is 0. The van der Waals surface area contributed by atoms with Crippen LogP contribution >= 0.6 is 28.1 Å². The summed E-state index contributed by atoms with van der Waals surface area (Å²) >= 11 is 7.55. The summed E-state index contributed by atoms with van der Waals surface area (Å²) in [7, 11) is 1.37. The molecule has 0 aromatic heterocycles. The first kappa shape index (κ1) is 10.3. The number of hydrogen-bond acceptors (Lipinski definition) is 3. The zero-order valence-electron chi connectivity index (χ0n) is 6.67. The molecule has 0 saturated carbocycles. The van der Waals surface area contributed by atoms with Crippen LogP contribution in [0.2, 0.25) is 0 Å². The van der Waals surface area contributed by atoms with E-state index in [0.29, 0.717) is 10.2 Å². The van der Waals surface area contributed by atoms with Gasteiger partial charge in [-0.25, -0.2) is 4.39 Å². The normalized spacial score (nSPS) is 9.15. The number of isothiocyanates is 1. The van der Waals surface area contributed by atoms with Crippen LogP contribution in [0.25, 0.3) is 0 Å². The Morgan fingerprint density at radius 3 is 2.85 bits per heavy atom. The van der Waals surface area contributed by atoms with Gasteiger partial charge in [0.1, 0.15) is 5.69 Å². The smallest absolute Gasteiger partial charge is 0.181 e. The van der Waals surface area contributed by atoms with E-state index in [0.717, 1.165) is 0 Å². The summed E-state index contributed by atoms with van der Waals surface area (Å²) in [6.45, 7) is 0. The van der Waals surface area contributed by atoms with Gasteiger partial charge in [-0.3, -0.25) is 0 Å². The third kappa shape index (κ3) is 2.34. The van der Waals surface area contributed by atoms with Crippen LogP contribution < -0.4 is 4.74 Å². The van der Waals surface area contributed by atoms with Gasteiger partial charge in [0.05, 0.1) is 12.3 Å². The molecule has 0 bridgehead atoms. The summed E-state index contributed by atoms with van der Waals surface area (Å²) in [5.41, 5.74) is 0.323. The van der Waals surface area contributed by atoms with Crippen LogP contribution in [-0.2, 0) is 0 Å². The lowest BCUT2D eigenvalue weighted by molar-refractivity contribution is 0.388. The van der Waals surface area contributed by atoms with Gasteiger partial charge >= 0.3 is 0 Å². The van der Waals surface area contributed by atoms with Crippen LogP contribution in [0.3, 0.4) is 0 Å². The lowest BCUT2D eigenvalue weighted by atomic mass is 10.3. The number of thiocarbonyl (C=S) groups is 1. The van der Waals surface area contributed by atoms with Crippen molar-refractivity contribution in [2.24, 2.45) is 4.99 Å². The molecule has 0 aliphatic rings. The molecule has 1 rings (SSSR count). The second kappa shape index (κ2) is 4.46. The average molecular weight is 262 g/mol. The zero-order chi connectivity index (χ0) is 9.84. The van der Waals surface area contributed by atoms with Gasteiger partial charge in [0, 0.05) is 4.47 Å². The Balaban J connectivity index is 3.37. The Morgan fingerprint density at radius 2 is 2.31 bits per heavy atom. The maximum Gasteiger partial charge on any atom is 0.181 e. The second-order valence-electron chi connectivity index (χ2n) is 2.14. The molecule has 0 N–H and O–H groups in total. The maximum atomic E-state index is 13.2. The molecular weight excluding hydrogens is 257 g/mol. The fraction of sp³-hybridized carbons (Fsp3) is 0.125. The largest absolute Gasteiger partial charge is 0.491 e. The molecule has 0 aliphatic heterocycles. The molecular formula is C8H5BrFNOS. The molecule has 0 atom stereocenters. The van der Waals surface area contributed by atoms with Gasteiger partial charge in [0.15, 0.2) is 11.6 Å². The molecule has 0 fully saturated rings. The van der Waals surface area contributed by atoms with Gasteiger partial charge in [-0.15, -0.1) is 0 Å². The van der Waals surface area contributed by atoms with E-state index in [9.17, 15) is 4.39 Å². The standard InChI is InChI=1S/C8H5BrFNOS/c1-12-8-6(10)2-5(9)3-7(8)11-4-13/h2-3H,1H3. The van der Waals surface area contributed by atoms with E-state index in [1.165, 1.54) is 13.2 Å². The van der Waals surface area contributed by atoms with Crippen LogP contribution in [0.5, 0.6) is 5.75 Å². The number of halogens is 2. The maximum absolute atomic E-state index is 13.2. The van der Waals surface area contributed by atoms with Gasteiger partial charge in [0.2, 0.25) is 0 Å². The molecule has 13 heavy (non-hydrogen) atoms. The molecule has 0 unspecified atom stereocenters. The van der Waals surface area contributed by atoms with Crippen LogP contribution in [0.1, 0.15) is 0 Å². The number of benzene rings is 1. The molecule has 0 saturated heterocycles. The Morgan fingerprint density at radius 1 is 1.62 bits per heavy atom. The van der Waals surface area contributed by atoms with Gasteiger partial charge in [-0.05, 0) is 24.4 Å². The highest BCUT2D eigenvalue weighted by Crippen LogP contribution is 2.33. The molecule has 0 amide bonds. The van der Waals surface area contributed by atoms with Crippen molar-refractivity contribution < 1.29 is 9.13 Å². The predicted molar refractivity (Wildman–Crippen MR) is 55.3 cm³/mol. The fourth-order valence-corrected chi connectivity index (χ4v) is 1.40. The minimum atomic E-state index is -0.485. The number of methoxy groups -OCH3 is 1. The van der Waals surface area contributed by atoms with Crippen LogP contribution in [-0.4, -0.2) is 12.3 Å². The third-order valence-corrected chi connectivity index (χ3v) is 1.91. The molecule has 5 heteroatoms. The molecule has 2 nitrogen and oxygen atoms in total. The summed E-state index contributed by atoms with van der Waals surface area (Å²) in [6, 6.07) is 2.89. The third-order valence-electron chi connectivity index (χ3n) is 1.36. The van der Waals surface area contributed by atoms with Crippen LogP contribution in [0, 0.1) is 5.82 Å². The lowest BCUT2D eigenvalue weighted by Gasteiger charge is -2.04. The van der Waals surface area contributed by atoms with Gasteiger partial charge in [-0.1, -0.05) is 15.9 Å². The first-order valence-corrected chi connectivity index (χ1v) is 4.50. The molecule has 1 aromatic rings. The average Bonchev–Trinajstić information content (AvgIpc) is 2.04. The topological polar surface area (TPSA) is 21.6 Å². The van der Waals surface area contributed by atoms with Gasteiger partial charge < -0.3 is 4.74 Å². The van der Waals surface area contributed by atoms with E-state index in [2.05, 4.69) is 38.3 Å². The first-order valence-electron chi connectivity index (χ1n) is 3.30. The van der Waals surface area contributed by atoms with Crippen molar-refractivity contribution in [3.05, 3.63) is 22.4 Å². The molecule has 0 heterocycles. The summed E-state index contributed by atoms with van der Waals surface area (Å²) in [5.74, 6) is -0.415. The van der Waals surface area contributed by atoms with E-state index in [4.69, 9.17) is 4.74 Å². The highest BCUT2D eigenvalue weighted by molar-refractivity contribution is 9.10. The van der Waals surface area contributed by atoms with E-state index in [1.807, 2.05) is 0 Å². The van der Waals surface area contributed by atoms with Crippen LogP contribution in [0.15, 0.2) is 21.6 Å². The van der Waals surface area contributed by atoms with Crippen molar-refractivity contribution in [2.45, 2.75) is 0 Å².